The summed E-state index contributed by atoms with van der Waals surface area (Å²) >= 11 is 0. The number of hydrogen-bond donors (Lipinski definition) is 0. The first-order valence-corrected chi connectivity index (χ1v) is 13.6. The lowest BCUT2D eigenvalue weighted by atomic mass is 9.96. The second kappa shape index (κ2) is 11.9. The molecule has 1 saturated heterocycles. The third-order valence-corrected chi connectivity index (χ3v) is 7.90. The Balaban J connectivity index is 1.52. The summed E-state index contributed by atoms with van der Waals surface area (Å²) < 4.78 is 21.6. The standard InChI is InChI=1S/C32H31FN6O2/c1-4-26-18-38(17-23-9-10-24(33)13-28(23)22-7-5-21(15-34)6-8-22)27(20-41-3)19-39(26)30-14-31(40)37(2)29-12-11-25(16-35)36-32(29)30/h5-14,26-27H,4,17-20H2,1-3H3/t26-,27-/m0/s1. The first-order chi connectivity index (χ1) is 19.9. The Kier molecular flexibility index (Phi) is 8.11. The van der Waals surface area contributed by atoms with Crippen LogP contribution in [0.3, 0.4) is 0 Å². The molecule has 2 aromatic heterocycles. The molecule has 9 heteroatoms. The van der Waals surface area contributed by atoms with Crippen LogP contribution in [0, 0.1) is 28.5 Å². The number of aryl methyl sites for hydroxylation is 1. The fourth-order valence-electron chi connectivity index (χ4n) is 5.69. The molecular weight excluding hydrogens is 519 g/mol. The molecule has 3 heterocycles. The molecule has 1 aliphatic heterocycles. The summed E-state index contributed by atoms with van der Waals surface area (Å²) in [6.45, 7) is 4.41. The van der Waals surface area contributed by atoms with Crippen LogP contribution in [0.5, 0.6) is 0 Å². The minimum atomic E-state index is -0.320. The normalized spacial score (nSPS) is 17.4. The molecule has 1 aliphatic rings. The molecule has 4 aromatic rings. The highest BCUT2D eigenvalue weighted by Gasteiger charge is 2.35. The Morgan fingerprint density at radius 1 is 1.02 bits per heavy atom. The van der Waals surface area contributed by atoms with Crippen LogP contribution in [-0.2, 0) is 18.3 Å². The number of nitrogens with zero attached hydrogens (tertiary/aromatic N) is 6. The van der Waals surface area contributed by atoms with Crippen LogP contribution in [0.25, 0.3) is 22.2 Å². The molecule has 0 amide bonds. The van der Waals surface area contributed by atoms with E-state index in [4.69, 9.17) is 4.74 Å². The molecule has 0 radical (unpaired) electrons. The van der Waals surface area contributed by atoms with Crippen LogP contribution in [0.4, 0.5) is 10.1 Å². The minimum Gasteiger partial charge on any atom is -0.383 e. The van der Waals surface area contributed by atoms with Crippen molar-refractivity contribution >= 4 is 16.7 Å². The van der Waals surface area contributed by atoms with Crippen LogP contribution in [0.1, 0.15) is 30.2 Å². The highest BCUT2D eigenvalue weighted by molar-refractivity contribution is 5.89. The van der Waals surface area contributed by atoms with Crippen molar-refractivity contribution < 1.29 is 9.13 Å². The Morgan fingerprint density at radius 2 is 1.80 bits per heavy atom. The van der Waals surface area contributed by atoms with Crippen LogP contribution in [0.15, 0.2) is 65.5 Å². The van der Waals surface area contributed by atoms with E-state index in [1.165, 1.54) is 6.07 Å². The van der Waals surface area contributed by atoms with Gasteiger partial charge in [0, 0.05) is 45.9 Å². The summed E-state index contributed by atoms with van der Waals surface area (Å²) in [6.07, 6.45) is 0.816. The van der Waals surface area contributed by atoms with Crippen molar-refractivity contribution in [3.63, 3.8) is 0 Å². The van der Waals surface area contributed by atoms with Crippen LogP contribution in [-0.4, -0.2) is 53.3 Å². The van der Waals surface area contributed by atoms with E-state index in [-0.39, 0.29) is 23.5 Å². The van der Waals surface area contributed by atoms with Crippen molar-refractivity contribution in [3.05, 3.63) is 93.7 Å². The lowest BCUT2D eigenvalue weighted by molar-refractivity contribution is 0.0642. The Hall–Kier alpha value is -4.57. The third-order valence-electron chi connectivity index (χ3n) is 7.90. The Labute approximate surface area is 238 Å². The molecule has 0 spiro atoms. The molecule has 2 atom stereocenters. The highest BCUT2D eigenvalue weighted by atomic mass is 19.1. The van der Waals surface area contributed by atoms with Gasteiger partial charge in [-0.05, 0) is 59.5 Å². The van der Waals surface area contributed by atoms with Crippen LogP contribution in [0.2, 0.25) is 0 Å². The predicted molar refractivity (Wildman–Crippen MR) is 156 cm³/mol. The molecular formula is C32H31FN6O2. The number of pyridine rings is 2. The van der Waals surface area contributed by atoms with E-state index in [1.807, 2.05) is 18.2 Å². The number of fused-ring (bicyclic) bond motifs is 1. The zero-order valence-electron chi connectivity index (χ0n) is 23.3. The summed E-state index contributed by atoms with van der Waals surface area (Å²) in [5, 5.41) is 18.7. The molecule has 8 nitrogen and oxygen atoms in total. The van der Waals surface area contributed by atoms with Gasteiger partial charge < -0.3 is 14.2 Å². The molecule has 208 valence electrons. The predicted octanol–water partition coefficient (Wildman–Crippen LogP) is 4.60. The molecule has 5 rings (SSSR count). The van der Waals surface area contributed by atoms with Gasteiger partial charge in [-0.25, -0.2) is 9.37 Å². The topological polar surface area (TPSA) is 98.2 Å². The quantitative estimate of drug-likeness (QED) is 0.332. The summed E-state index contributed by atoms with van der Waals surface area (Å²) in [5.41, 5.74) is 5.31. The fraction of sp³-hybridized carbons (Fsp3) is 0.312. The van der Waals surface area contributed by atoms with E-state index in [9.17, 15) is 19.7 Å². The number of aromatic nitrogens is 2. The van der Waals surface area contributed by atoms with E-state index < -0.39 is 0 Å². The average molecular weight is 551 g/mol. The van der Waals surface area contributed by atoms with Crippen molar-refractivity contribution in [3.8, 4) is 23.3 Å². The molecule has 2 aromatic carbocycles. The maximum atomic E-state index is 14.4. The van der Waals surface area contributed by atoms with Crippen molar-refractivity contribution in [2.24, 2.45) is 7.05 Å². The molecule has 0 bridgehead atoms. The summed E-state index contributed by atoms with van der Waals surface area (Å²) in [6, 6.07) is 21.3. The van der Waals surface area contributed by atoms with E-state index in [2.05, 4.69) is 33.8 Å². The number of halogens is 1. The van der Waals surface area contributed by atoms with Crippen LogP contribution >= 0.6 is 0 Å². The van der Waals surface area contributed by atoms with Gasteiger partial charge in [0.25, 0.3) is 5.56 Å². The second-order valence-electron chi connectivity index (χ2n) is 10.3. The molecule has 0 aliphatic carbocycles. The average Bonchev–Trinajstić information content (AvgIpc) is 3.00. The Bertz CT molecular complexity index is 1720. The number of ether oxygens (including phenoxy) is 1. The number of piperazine rings is 1. The van der Waals surface area contributed by atoms with Gasteiger partial charge in [-0.2, -0.15) is 10.5 Å². The largest absolute Gasteiger partial charge is 0.383 e. The SMILES string of the molecule is CC[C@H]1CN(Cc2ccc(F)cc2-c2ccc(C#N)cc2)[C@H](COC)CN1c1cc(=O)n(C)c2ccc(C#N)nc12. The number of hydrogen-bond acceptors (Lipinski definition) is 7. The van der Waals surface area contributed by atoms with Gasteiger partial charge in [-0.3, -0.25) is 9.69 Å². The molecule has 0 saturated carbocycles. The number of methoxy groups -OCH3 is 1. The van der Waals surface area contributed by atoms with Gasteiger partial charge in [0.1, 0.15) is 23.1 Å². The molecule has 41 heavy (non-hydrogen) atoms. The zero-order chi connectivity index (χ0) is 29.1. The molecule has 1 fully saturated rings. The maximum absolute atomic E-state index is 14.4. The van der Waals surface area contributed by atoms with Gasteiger partial charge in [0.2, 0.25) is 0 Å². The lowest BCUT2D eigenvalue weighted by Crippen LogP contribution is -2.59. The monoisotopic (exact) mass is 550 g/mol. The number of anilines is 1. The lowest BCUT2D eigenvalue weighted by Gasteiger charge is -2.47. The van der Waals surface area contributed by atoms with Crippen molar-refractivity contribution in [2.45, 2.75) is 32.0 Å². The van der Waals surface area contributed by atoms with E-state index in [0.29, 0.717) is 54.2 Å². The number of rotatable bonds is 7. The smallest absolute Gasteiger partial charge is 0.252 e. The van der Waals surface area contributed by atoms with E-state index in [0.717, 1.165) is 23.1 Å². The number of benzene rings is 2. The molecule has 0 N–H and O–H groups in total. The maximum Gasteiger partial charge on any atom is 0.252 e. The van der Waals surface area contributed by atoms with Crippen LogP contribution < -0.4 is 10.5 Å². The van der Waals surface area contributed by atoms with E-state index in [1.54, 1.807) is 55.1 Å². The first kappa shape index (κ1) is 28.0. The minimum absolute atomic E-state index is 0.0278. The highest BCUT2D eigenvalue weighted by Crippen LogP contribution is 2.32. The van der Waals surface area contributed by atoms with Gasteiger partial charge in [0.15, 0.2) is 0 Å². The van der Waals surface area contributed by atoms with Gasteiger partial charge in [0.05, 0.1) is 35.5 Å². The number of nitriles is 2. The Morgan fingerprint density at radius 3 is 2.49 bits per heavy atom. The van der Waals surface area contributed by atoms with E-state index >= 15 is 0 Å². The second-order valence-corrected chi connectivity index (χ2v) is 10.3. The first-order valence-electron chi connectivity index (χ1n) is 13.6. The zero-order valence-corrected chi connectivity index (χ0v) is 23.3. The van der Waals surface area contributed by atoms with Crippen molar-refractivity contribution in [2.75, 3.05) is 31.7 Å². The third kappa shape index (κ3) is 5.55. The van der Waals surface area contributed by atoms with Gasteiger partial charge >= 0.3 is 0 Å². The summed E-state index contributed by atoms with van der Waals surface area (Å²) in [7, 11) is 3.38. The molecule has 0 unspecified atom stereocenters. The van der Waals surface area contributed by atoms with Crippen molar-refractivity contribution in [1.29, 1.82) is 10.5 Å². The van der Waals surface area contributed by atoms with Crippen molar-refractivity contribution in [1.82, 2.24) is 14.5 Å². The summed E-state index contributed by atoms with van der Waals surface area (Å²) in [5.74, 6) is -0.320. The van der Waals surface area contributed by atoms with Gasteiger partial charge in [-0.1, -0.05) is 25.1 Å². The van der Waals surface area contributed by atoms with Gasteiger partial charge in [-0.15, -0.1) is 0 Å². The summed E-state index contributed by atoms with van der Waals surface area (Å²) in [4.78, 5) is 22.1. The fourth-order valence-corrected chi connectivity index (χ4v) is 5.69.